The Morgan fingerprint density at radius 1 is 1.14 bits per heavy atom. The molecule has 0 radical (unpaired) electrons. The van der Waals surface area contributed by atoms with Crippen LogP contribution < -0.4 is 26.0 Å². The van der Waals surface area contributed by atoms with Crippen molar-refractivity contribution in [3.63, 3.8) is 0 Å². The second-order valence-electron chi connectivity index (χ2n) is 6.79. The third kappa shape index (κ3) is 5.24. The number of benzene rings is 1. The molecule has 1 aliphatic heterocycles. The molecule has 0 amide bonds. The van der Waals surface area contributed by atoms with Gasteiger partial charge in [0.15, 0.2) is 0 Å². The third-order valence-corrected chi connectivity index (χ3v) is 4.25. The summed E-state index contributed by atoms with van der Waals surface area (Å²) in [6, 6.07) is 12.3. The average Bonchev–Trinajstić information content (AvgIpc) is 3.30. The van der Waals surface area contributed by atoms with E-state index in [1.54, 1.807) is 7.11 Å². The van der Waals surface area contributed by atoms with Crippen molar-refractivity contribution in [3.8, 4) is 5.75 Å². The van der Waals surface area contributed by atoms with Gasteiger partial charge in [0.2, 0.25) is 0 Å². The monoisotopic (exact) mass is 413 g/mol. The molecule has 4 rings (SSSR count). The molecule has 0 bridgehead atoms. The first-order valence-electron chi connectivity index (χ1n) is 8.87. The summed E-state index contributed by atoms with van der Waals surface area (Å²) in [5.41, 5.74) is 4.37. The minimum absolute atomic E-state index is 0.715. The highest BCUT2D eigenvalue weighted by atomic mass is 32.2. The Bertz CT molecular complexity index is 1350. The molecule has 7 nitrogen and oxygen atoms in total. The van der Waals surface area contributed by atoms with Gasteiger partial charge in [-0.3, -0.25) is 4.55 Å². The number of nitrogens with one attached hydrogen (secondary N) is 2. The van der Waals surface area contributed by atoms with E-state index in [1.165, 1.54) is 5.56 Å². The number of hydrogen-bond donors (Lipinski definition) is 3. The van der Waals surface area contributed by atoms with Crippen molar-refractivity contribution in [2.45, 2.75) is 13.8 Å². The molecule has 1 aliphatic rings. The Morgan fingerprint density at radius 3 is 2.41 bits per heavy atom. The molecule has 1 aromatic carbocycles. The van der Waals surface area contributed by atoms with E-state index in [-0.39, 0.29) is 0 Å². The van der Waals surface area contributed by atoms with Crippen LogP contribution in [0.5, 0.6) is 5.75 Å². The predicted octanol–water partition coefficient (Wildman–Crippen LogP) is 0.523. The van der Waals surface area contributed by atoms with Crippen molar-refractivity contribution in [3.05, 3.63) is 74.6 Å². The fourth-order valence-electron chi connectivity index (χ4n) is 3.07. The Labute approximate surface area is 168 Å². The number of fused-ring (bicyclic) bond motifs is 1. The number of nitrogens with zero attached hydrogens (tertiary/aromatic N) is 1. The predicted molar refractivity (Wildman–Crippen MR) is 113 cm³/mol. The second-order valence-corrected chi connectivity index (χ2v) is 8.26. The lowest BCUT2D eigenvalue weighted by Gasteiger charge is -1.94. The molecule has 3 aromatic rings. The van der Waals surface area contributed by atoms with E-state index in [9.17, 15) is 8.42 Å². The van der Waals surface area contributed by atoms with E-state index in [4.69, 9.17) is 14.3 Å². The average molecular weight is 413 g/mol. The van der Waals surface area contributed by atoms with Crippen LogP contribution in [0.1, 0.15) is 17.0 Å². The Morgan fingerprint density at radius 2 is 1.83 bits per heavy atom. The lowest BCUT2D eigenvalue weighted by Crippen LogP contribution is -2.19. The molecule has 152 valence electrons. The molecular weight excluding hydrogens is 390 g/mol. The molecule has 29 heavy (non-hydrogen) atoms. The number of para-hydroxylation sites is 1. The maximum Gasteiger partial charge on any atom is 0.261 e. The molecule has 0 spiro atoms. The minimum Gasteiger partial charge on any atom is -0.494 e. The Kier molecular flexibility index (Phi) is 5.76. The minimum atomic E-state index is -3.67. The van der Waals surface area contributed by atoms with E-state index in [2.05, 4.69) is 48.1 Å². The van der Waals surface area contributed by atoms with Crippen LogP contribution in [0.2, 0.25) is 0 Å². The van der Waals surface area contributed by atoms with Crippen LogP contribution in [0.4, 0.5) is 0 Å². The smallest absolute Gasteiger partial charge is 0.261 e. The fraction of sp³-hybridized carbons (Fsp3) is 0.190. The van der Waals surface area contributed by atoms with Gasteiger partial charge in [0, 0.05) is 22.7 Å². The van der Waals surface area contributed by atoms with Crippen LogP contribution in [0.15, 0.2) is 41.4 Å². The van der Waals surface area contributed by atoms with Crippen LogP contribution in [-0.4, -0.2) is 36.3 Å². The van der Waals surface area contributed by atoms with Gasteiger partial charge >= 0.3 is 0 Å². The summed E-state index contributed by atoms with van der Waals surface area (Å²) >= 11 is 0. The highest BCUT2D eigenvalue weighted by Crippen LogP contribution is 2.10. The number of hydrogen-bond acceptors (Lipinski definition) is 4. The SMILES string of the molecule is COc1c/c(=C2/C=c3ccccc3=N2)[nH]/c1=C/c1[nH]c(C)cc1C.CS(=O)(=O)O. The van der Waals surface area contributed by atoms with Crippen molar-refractivity contribution in [1.29, 1.82) is 0 Å². The normalized spacial score (nSPS) is 15.1. The molecule has 8 heteroatoms. The first kappa shape index (κ1) is 20.6. The molecule has 0 fully saturated rings. The fourth-order valence-corrected chi connectivity index (χ4v) is 3.07. The summed E-state index contributed by atoms with van der Waals surface area (Å²) in [6.45, 7) is 4.15. The lowest BCUT2D eigenvalue weighted by molar-refractivity contribution is 0.412. The third-order valence-electron chi connectivity index (χ3n) is 4.25. The molecule has 0 saturated carbocycles. The largest absolute Gasteiger partial charge is 0.494 e. The zero-order chi connectivity index (χ0) is 21.2. The van der Waals surface area contributed by atoms with Crippen molar-refractivity contribution in [1.82, 2.24) is 9.97 Å². The maximum absolute atomic E-state index is 9.19. The first-order valence-corrected chi connectivity index (χ1v) is 10.7. The van der Waals surface area contributed by atoms with E-state index in [1.807, 2.05) is 24.3 Å². The maximum atomic E-state index is 9.19. The molecule has 3 heterocycles. The zero-order valence-corrected chi connectivity index (χ0v) is 17.5. The topological polar surface area (TPSA) is 108 Å². The summed E-state index contributed by atoms with van der Waals surface area (Å²) in [4.78, 5) is 11.5. The molecular formula is C21H23N3O4S. The lowest BCUT2D eigenvalue weighted by atomic mass is 10.2. The molecule has 2 aromatic heterocycles. The second kappa shape index (κ2) is 8.10. The van der Waals surface area contributed by atoms with Crippen LogP contribution in [-0.2, 0) is 10.1 Å². The van der Waals surface area contributed by atoms with Gasteiger partial charge in [-0.15, -0.1) is 0 Å². The molecule has 0 aliphatic carbocycles. The van der Waals surface area contributed by atoms with Crippen molar-refractivity contribution >= 4 is 28.0 Å². The Balaban J connectivity index is 0.000000431. The van der Waals surface area contributed by atoms with E-state index in [0.29, 0.717) is 6.26 Å². The summed E-state index contributed by atoms with van der Waals surface area (Å²) in [7, 11) is -1.98. The number of H-pyrrole nitrogens is 2. The van der Waals surface area contributed by atoms with Crippen molar-refractivity contribution in [2.24, 2.45) is 4.99 Å². The number of ether oxygens (including phenoxy) is 1. The highest BCUT2D eigenvalue weighted by molar-refractivity contribution is 7.85. The zero-order valence-electron chi connectivity index (χ0n) is 16.6. The number of methoxy groups -OCH3 is 1. The van der Waals surface area contributed by atoms with Crippen LogP contribution in [0.25, 0.3) is 17.8 Å². The van der Waals surface area contributed by atoms with Gasteiger partial charge in [-0.2, -0.15) is 8.42 Å². The van der Waals surface area contributed by atoms with Crippen LogP contribution in [0.3, 0.4) is 0 Å². The van der Waals surface area contributed by atoms with Gasteiger partial charge in [0.05, 0.1) is 35.1 Å². The summed E-state index contributed by atoms with van der Waals surface area (Å²) < 4.78 is 31.4. The van der Waals surface area contributed by atoms with Gasteiger partial charge in [0.25, 0.3) is 10.1 Å². The molecule has 0 atom stereocenters. The van der Waals surface area contributed by atoms with Crippen molar-refractivity contribution in [2.75, 3.05) is 13.4 Å². The van der Waals surface area contributed by atoms with Gasteiger partial charge in [-0.1, -0.05) is 18.2 Å². The first-order chi connectivity index (χ1) is 13.6. The summed E-state index contributed by atoms with van der Waals surface area (Å²) in [5.74, 6) is 0.809. The highest BCUT2D eigenvalue weighted by Gasteiger charge is 2.06. The number of aromatic nitrogens is 2. The molecule has 3 N–H and O–H groups in total. The molecule has 0 unspecified atom stereocenters. The van der Waals surface area contributed by atoms with Gasteiger partial charge in [-0.05, 0) is 43.7 Å². The van der Waals surface area contributed by atoms with Gasteiger partial charge < -0.3 is 14.7 Å². The standard InChI is InChI=1S/C20H19N3O.CH4O3S/c1-12-8-13(2)21-16(12)10-19-20(24-3)11-18(23-19)17-9-14-6-4-5-7-15(14)22-17;1-5(2,3)4/h4-11,21,23H,1-3H3;1H3,(H,2,3,4)/b18-17+,19-10+;. The summed E-state index contributed by atoms with van der Waals surface area (Å²) in [6.07, 6.45) is 4.88. The van der Waals surface area contributed by atoms with Gasteiger partial charge in [0.1, 0.15) is 5.75 Å². The quantitative estimate of drug-likeness (QED) is 0.533. The van der Waals surface area contributed by atoms with Crippen molar-refractivity contribution < 1.29 is 17.7 Å². The van der Waals surface area contributed by atoms with Gasteiger partial charge in [-0.25, -0.2) is 4.99 Å². The molecule has 0 saturated heterocycles. The van der Waals surface area contributed by atoms with E-state index < -0.39 is 10.1 Å². The number of aryl methyl sites for hydroxylation is 2. The van der Waals surface area contributed by atoms with Crippen LogP contribution in [0, 0.1) is 13.8 Å². The van der Waals surface area contributed by atoms with Crippen LogP contribution >= 0.6 is 0 Å². The number of rotatable bonds is 2. The Hall–Kier alpha value is -3.10. The summed E-state index contributed by atoms with van der Waals surface area (Å²) in [5, 5.41) is 4.03. The van der Waals surface area contributed by atoms with E-state index in [0.717, 1.165) is 44.1 Å². The van der Waals surface area contributed by atoms with E-state index >= 15 is 0 Å². The number of aromatic amines is 2.